The first-order chi connectivity index (χ1) is 12.3. The van der Waals surface area contributed by atoms with Crippen LogP contribution in [0.3, 0.4) is 0 Å². The number of carbonyl (C=O) groups is 1. The van der Waals surface area contributed by atoms with Gasteiger partial charge in [0.25, 0.3) is 5.91 Å². The molecule has 124 valence electrons. The van der Waals surface area contributed by atoms with E-state index in [1.807, 2.05) is 24.3 Å². The zero-order valence-electron chi connectivity index (χ0n) is 13.3. The lowest BCUT2D eigenvalue weighted by Gasteiger charge is -2.05. The number of aromatic nitrogens is 5. The van der Waals surface area contributed by atoms with Gasteiger partial charge in [-0.15, -0.1) is 0 Å². The maximum atomic E-state index is 12.2. The van der Waals surface area contributed by atoms with E-state index in [-0.39, 0.29) is 5.91 Å². The molecule has 0 spiro atoms. The van der Waals surface area contributed by atoms with Gasteiger partial charge in [-0.1, -0.05) is 6.07 Å². The Balaban J connectivity index is 1.79. The van der Waals surface area contributed by atoms with Crippen LogP contribution in [-0.2, 0) is 0 Å². The van der Waals surface area contributed by atoms with E-state index in [2.05, 4.69) is 30.2 Å². The maximum absolute atomic E-state index is 12.2. The van der Waals surface area contributed by atoms with E-state index in [1.165, 1.54) is 12.5 Å². The van der Waals surface area contributed by atoms with E-state index in [1.54, 1.807) is 19.5 Å². The van der Waals surface area contributed by atoms with Crippen LogP contribution in [0.4, 0.5) is 5.95 Å². The highest BCUT2D eigenvalue weighted by Crippen LogP contribution is 2.33. The van der Waals surface area contributed by atoms with Gasteiger partial charge in [-0.3, -0.25) is 15.1 Å². The van der Waals surface area contributed by atoms with Crippen molar-refractivity contribution in [3.8, 4) is 16.9 Å². The summed E-state index contributed by atoms with van der Waals surface area (Å²) in [5.74, 6) is 0.625. The molecule has 25 heavy (non-hydrogen) atoms. The molecule has 1 amide bonds. The van der Waals surface area contributed by atoms with Gasteiger partial charge in [-0.25, -0.2) is 9.97 Å². The number of ether oxygens (including phenoxy) is 1. The van der Waals surface area contributed by atoms with Gasteiger partial charge in [-0.2, -0.15) is 0 Å². The number of H-pyrrole nitrogens is 2. The normalized spacial score (nSPS) is 10.8. The predicted octanol–water partition coefficient (Wildman–Crippen LogP) is 2.61. The number of rotatable bonds is 4. The van der Waals surface area contributed by atoms with Crippen molar-refractivity contribution in [1.29, 1.82) is 0 Å². The van der Waals surface area contributed by atoms with Gasteiger partial charge in [0, 0.05) is 23.5 Å². The first kappa shape index (κ1) is 14.9. The first-order valence-corrected chi connectivity index (χ1v) is 7.53. The third-order valence-corrected chi connectivity index (χ3v) is 3.77. The quantitative estimate of drug-likeness (QED) is 0.531. The number of imidazole rings is 2. The third-order valence-electron chi connectivity index (χ3n) is 3.77. The molecule has 0 aliphatic carbocycles. The monoisotopic (exact) mass is 334 g/mol. The molecule has 0 fully saturated rings. The zero-order valence-corrected chi connectivity index (χ0v) is 13.3. The lowest BCUT2D eigenvalue weighted by Crippen LogP contribution is -2.13. The number of nitrogens with one attached hydrogen (secondary N) is 3. The molecule has 1 aromatic carbocycles. The number of nitrogens with zero attached hydrogens (tertiary/aromatic N) is 3. The van der Waals surface area contributed by atoms with E-state index in [0.717, 1.165) is 11.1 Å². The molecule has 4 aromatic rings. The highest BCUT2D eigenvalue weighted by atomic mass is 16.5. The van der Waals surface area contributed by atoms with Gasteiger partial charge >= 0.3 is 0 Å². The highest BCUT2D eigenvalue weighted by molar-refractivity contribution is 6.03. The average molecular weight is 334 g/mol. The Labute approximate surface area is 142 Å². The van der Waals surface area contributed by atoms with Gasteiger partial charge < -0.3 is 14.7 Å². The smallest absolute Gasteiger partial charge is 0.276 e. The summed E-state index contributed by atoms with van der Waals surface area (Å²) in [5.41, 5.74) is 3.55. The maximum Gasteiger partial charge on any atom is 0.276 e. The van der Waals surface area contributed by atoms with Crippen LogP contribution in [0.25, 0.3) is 22.2 Å². The summed E-state index contributed by atoms with van der Waals surface area (Å²) in [6, 6.07) is 7.58. The van der Waals surface area contributed by atoms with Crippen LogP contribution < -0.4 is 10.1 Å². The van der Waals surface area contributed by atoms with Gasteiger partial charge in [-0.05, 0) is 18.2 Å². The second-order valence-electron chi connectivity index (χ2n) is 5.29. The number of aromatic amines is 2. The Hall–Kier alpha value is -3.68. The Morgan fingerprint density at radius 2 is 2.12 bits per heavy atom. The Morgan fingerprint density at radius 3 is 2.84 bits per heavy atom. The third kappa shape index (κ3) is 2.69. The number of carbonyl (C=O) groups excluding carboxylic acids is 1. The Morgan fingerprint density at radius 1 is 1.20 bits per heavy atom. The van der Waals surface area contributed by atoms with Crippen LogP contribution in [-0.4, -0.2) is 37.9 Å². The van der Waals surface area contributed by atoms with Crippen molar-refractivity contribution in [3.63, 3.8) is 0 Å². The molecular formula is C17H14N6O2. The van der Waals surface area contributed by atoms with E-state index in [9.17, 15) is 4.79 Å². The number of amides is 1. The second-order valence-corrected chi connectivity index (χ2v) is 5.29. The highest BCUT2D eigenvalue weighted by Gasteiger charge is 2.16. The second kappa shape index (κ2) is 6.08. The van der Waals surface area contributed by atoms with Crippen LogP contribution in [0, 0.1) is 0 Å². The Bertz CT molecular complexity index is 1020. The van der Waals surface area contributed by atoms with Gasteiger partial charge in [0.1, 0.15) is 22.5 Å². The molecule has 0 aliphatic heterocycles. The molecule has 3 N–H and O–H groups in total. The van der Waals surface area contributed by atoms with Crippen LogP contribution in [0.15, 0.2) is 49.2 Å². The largest absolute Gasteiger partial charge is 0.494 e. The molecule has 0 bridgehead atoms. The summed E-state index contributed by atoms with van der Waals surface area (Å²) in [7, 11) is 1.59. The fourth-order valence-corrected chi connectivity index (χ4v) is 2.61. The SMILES string of the molecule is COc1ccc(-c2cccnc2)c2nc(NC(=O)c3cnc[nH]3)[nH]c12. The number of benzene rings is 1. The molecule has 3 aromatic heterocycles. The molecule has 0 saturated carbocycles. The molecule has 4 rings (SSSR count). The summed E-state index contributed by atoms with van der Waals surface area (Å²) in [5, 5.41) is 2.72. The minimum atomic E-state index is -0.335. The average Bonchev–Trinajstić information content (AvgIpc) is 3.31. The molecule has 8 heteroatoms. The van der Waals surface area contributed by atoms with E-state index in [4.69, 9.17) is 4.74 Å². The summed E-state index contributed by atoms with van der Waals surface area (Å²) in [6.07, 6.45) is 6.36. The van der Waals surface area contributed by atoms with Crippen molar-refractivity contribution in [3.05, 3.63) is 54.9 Å². The van der Waals surface area contributed by atoms with Crippen LogP contribution in [0.5, 0.6) is 5.75 Å². The van der Waals surface area contributed by atoms with Gasteiger partial charge in [0.15, 0.2) is 0 Å². The Kier molecular flexibility index (Phi) is 3.62. The van der Waals surface area contributed by atoms with Crippen LogP contribution >= 0.6 is 0 Å². The fraction of sp³-hybridized carbons (Fsp3) is 0.0588. The van der Waals surface area contributed by atoms with E-state index < -0.39 is 0 Å². The molecule has 0 aliphatic rings. The predicted molar refractivity (Wildman–Crippen MR) is 92.4 cm³/mol. The van der Waals surface area contributed by atoms with Crippen LogP contribution in [0.1, 0.15) is 10.5 Å². The summed E-state index contributed by atoms with van der Waals surface area (Å²) in [6.45, 7) is 0. The minimum Gasteiger partial charge on any atom is -0.494 e. The van der Waals surface area contributed by atoms with Crippen molar-refractivity contribution in [2.24, 2.45) is 0 Å². The van der Waals surface area contributed by atoms with E-state index >= 15 is 0 Å². The molecule has 0 radical (unpaired) electrons. The molecule has 0 unspecified atom stereocenters. The standard InChI is InChI=1S/C17H14N6O2/c1-25-13-5-4-11(10-3-2-6-18-7-10)14-15(13)22-17(21-14)23-16(24)12-8-19-9-20-12/h2-9H,1H3,(H,19,20)(H2,21,22,23,24). The van der Waals surface area contributed by atoms with E-state index in [0.29, 0.717) is 28.4 Å². The van der Waals surface area contributed by atoms with Crippen molar-refractivity contribution in [1.82, 2.24) is 24.9 Å². The summed E-state index contributed by atoms with van der Waals surface area (Å²) < 4.78 is 5.39. The molecular weight excluding hydrogens is 320 g/mol. The topological polar surface area (TPSA) is 109 Å². The van der Waals surface area contributed by atoms with Crippen molar-refractivity contribution in [2.75, 3.05) is 12.4 Å². The van der Waals surface area contributed by atoms with Crippen LogP contribution in [0.2, 0.25) is 0 Å². The fourth-order valence-electron chi connectivity index (χ4n) is 2.61. The zero-order chi connectivity index (χ0) is 17.2. The van der Waals surface area contributed by atoms with Gasteiger partial charge in [0.05, 0.1) is 19.6 Å². The lowest BCUT2D eigenvalue weighted by molar-refractivity contribution is 0.102. The van der Waals surface area contributed by atoms with Crippen molar-refractivity contribution >= 4 is 22.9 Å². The number of methoxy groups -OCH3 is 1. The van der Waals surface area contributed by atoms with Gasteiger partial charge in [0.2, 0.25) is 5.95 Å². The number of anilines is 1. The number of pyridine rings is 1. The van der Waals surface area contributed by atoms with Crippen molar-refractivity contribution < 1.29 is 9.53 Å². The number of fused-ring (bicyclic) bond motifs is 1. The molecule has 8 nitrogen and oxygen atoms in total. The number of hydrogen-bond donors (Lipinski definition) is 3. The molecule has 3 heterocycles. The van der Waals surface area contributed by atoms with Crippen molar-refractivity contribution in [2.45, 2.75) is 0 Å². The molecule has 0 saturated heterocycles. The first-order valence-electron chi connectivity index (χ1n) is 7.53. The summed E-state index contributed by atoms with van der Waals surface area (Å²) in [4.78, 5) is 30.5. The minimum absolute atomic E-state index is 0.323. The molecule has 0 atom stereocenters. The summed E-state index contributed by atoms with van der Waals surface area (Å²) >= 11 is 0. The number of hydrogen-bond acceptors (Lipinski definition) is 5. The lowest BCUT2D eigenvalue weighted by atomic mass is 10.1.